The predicted molar refractivity (Wildman–Crippen MR) is 73.7 cm³/mol. The molecule has 1 aliphatic heterocycles. The summed E-state index contributed by atoms with van der Waals surface area (Å²) in [5.41, 5.74) is -5.42. The lowest BCUT2D eigenvalue weighted by molar-refractivity contribution is -0.818. The Hall–Kier alpha value is -1.50. The Kier molecular flexibility index (Phi) is 3.22. The van der Waals surface area contributed by atoms with Gasteiger partial charge >= 0.3 is 11.7 Å². The zero-order chi connectivity index (χ0) is 16.3. The normalized spacial score (nSPS) is 38.4. The van der Waals surface area contributed by atoms with E-state index in [4.69, 9.17) is 9.84 Å². The Morgan fingerprint density at radius 2 is 1.71 bits per heavy atom. The average molecular weight is 296 g/mol. The third-order valence-corrected chi connectivity index (χ3v) is 5.02. The molecule has 3 N–H and O–H groups in total. The molecule has 1 aliphatic rings. The Balaban J connectivity index is 2.63. The van der Waals surface area contributed by atoms with Crippen LogP contribution in [0.1, 0.15) is 45.0 Å². The summed E-state index contributed by atoms with van der Waals surface area (Å²) in [7, 11) is 0. The number of carboxylic acids is 1. The van der Waals surface area contributed by atoms with Crippen molar-refractivity contribution in [3.05, 3.63) is 30.1 Å². The van der Waals surface area contributed by atoms with E-state index in [2.05, 4.69) is 0 Å². The zero-order valence-corrected chi connectivity index (χ0v) is 12.9. The van der Waals surface area contributed by atoms with Crippen LogP contribution in [0.2, 0.25) is 0 Å². The van der Waals surface area contributed by atoms with Gasteiger partial charge in [0.05, 0.1) is 0 Å². The second kappa shape index (κ2) is 4.25. The molecule has 3 atom stereocenters. The number of aromatic nitrogens is 1. The molecule has 0 aromatic carbocycles. The van der Waals surface area contributed by atoms with Crippen molar-refractivity contribution in [3.63, 3.8) is 0 Å². The maximum Gasteiger partial charge on any atom is 0.341 e. The lowest BCUT2D eigenvalue weighted by atomic mass is 9.73. The monoisotopic (exact) mass is 296 g/mol. The highest BCUT2D eigenvalue weighted by molar-refractivity contribution is 5.86. The number of aromatic carboxylic acids is 1. The zero-order valence-electron chi connectivity index (χ0n) is 12.9. The molecular formula is C15H22NO5+. The molecule has 0 saturated carbocycles. The number of rotatable bonds is 2. The van der Waals surface area contributed by atoms with Crippen LogP contribution in [0.4, 0.5) is 0 Å². The van der Waals surface area contributed by atoms with Crippen molar-refractivity contribution in [3.8, 4) is 0 Å². The van der Waals surface area contributed by atoms with Gasteiger partial charge in [-0.05, 0) is 33.8 Å². The summed E-state index contributed by atoms with van der Waals surface area (Å²) in [4.78, 5) is 11.1. The first-order chi connectivity index (χ1) is 9.37. The molecule has 21 heavy (non-hydrogen) atoms. The summed E-state index contributed by atoms with van der Waals surface area (Å²) in [6.45, 7) is 8.01. The summed E-state index contributed by atoms with van der Waals surface area (Å²) in [5, 5.41) is 30.7. The quantitative estimate of drug-likeness (QED) is 0.697. The molecule has 116 valence electrons. The lowest BCUT2D eigenvalue weighted by Gasteiger charge is -2.38. The number of ether oxygens (including phenoxy) is 1. The first-order valence-electron chi connectivity index (χ1n) is 6.77. The molecule has 0 aliphatic carbocycles. The maximum atomic E-state index is 11.1. The summed E-state index contributed by atoms with van der Waals surface area (Å²) in [6, 6.07) is 3.02. The number of pyridine rings is 1. The van der Waals surface area contributed by atoms with E-state index in [-0.39, 0.29) is 5.56 Å². The highest BCUT2D eigenvalue weighted by Crippen LogP contribution is 2.52. The Morgan fingerprint density at radius 3 is 2.14 bits per heavy atom. The largest absolute Gasteiger partial charge is 0.477 e. The molecule has 2 heterocycles. The molecule has 0 unspecified atom stereocenters. The molecule has 0 bridgehead atoms. The van der Waals surface area contributed by atoms with Gasteiger partial charge in [0.2, 0.25) is 0 Å². The topological polar surface area (TPSA) is 90.9 Å². The van der Waals surface area contributed by atoms with Gasteiger partial charge in [0.1, 0.15) is 16.8 Å². The number of hydrogen-bond acceptors (Lipinski definition) is 4. The Bertz CT molecular complexity index is 593. The van der Waals surface area contributed by atoms with Crippen LogP contribution in [0.15, 0.2) is 24.5 Å². The first kappa shape index (κ1) is 15.9. The van der Waals surface area contributed by atoms with Crippen molar-refractivity contribution in [2.45, 2.75) is 57.1 Å². The van der Waals surface area contributed by atoms with Crippen LogP contribution in [-0.2, 0) is 10.5 Å². The molecule has 0 amide bonds. The summed E-state index contributed by atoms with van der Waals surface area (Å²) < 4.78 is 7.44. The minimum absolute atomic E-state index is 0.0717. The molecule has 6 heteroatoms. The van der Waals surface area contributed by atoms with E-state index >= 15 is 0 Å². The van der Waals surface area contributed by atoms with Crippen molar-refractivity contribution in [2.24, 2.45) is 0 Å². The molecular weight excluding hydrogens is 274 g/mol. The van der Waals surface area contributed by atoms with Crippen molar-refractivity contribution >= 4 is 5.97 Å². The fourth-order valence-electron chi connectivity index (χ4n) is 2.90. The fraction of sp³-hybridized carbons (Fsp3) is 0.600. The second-order valence-electron chi connectivity index (χ2n) is 6.54. The van der Waals surface area contributed by atoms with E-state index in [1.165, 1.54) is 30.7 Å². The van der Waals surface area contributed by atoms with Crippen molar-refractivity contribution in [1.82, 2.24) is 0 Å². The van der Waals surface area contributed by atoms with Gasteiger partial charge in [0.15, 0.2) is 18.0 Å². The average Bonchev–Trinajstić information content (AvgIpc) is 2.46. The van der Waals surface area contributed by atoms with Gasteiger partial charge in [-0.3, -0.25) is 0 Å². The third kappa shape index (κ3) is 1.90. The molecule has 1 aromatic rings. The van der Waals surface area contributed by atoms with Crippen LogP contribution in [-0.4, -0.2) is 38.1 Å². The van der Waals surface area contributed by atoms with Gasteiger partial charge in [-0.2, -0.15) is 4.57 Å². The minimum Gasteiger partial charge on any atom is -0.477 e. The summed E-state index contributed by atoms with van der Waals surface area (Å²) >= 11 is 0. The van der Waals surface area contributed by atoms with Gasteiger partial charge in [0, 0.05) is 13.0 Å². The lowest BCUT2D eigenvalue weighted by Crippen LogP contribution is -2.69. The van der Waals surface area contributed by atoms with Crippen molar-refractivity contribution < 1.29 is 29.4 Å². The molecule has 2 rings (SSSR count). The molecule has 1 saturated heterocycles. The minimum atomic E-state index is -1.63. The number of carboxylic acid groups (broad SMARTS) is 1. The van der Waals surface area contributed by atoms with Crippen LogP contribution < -0.4 is 4.57 Å². The highest BCUT2D eigenvalue weighted by atomic mass is 16.6. The van der Waals surface area contributed by atoms with E-state index in [0.717, 1.165) is 0 Å². The van der Waals surface area contributed by atoms with Crippen LogP contribution in [0.3, 0.4) is 0 Å². The molecule has 1 aromatic heterocycles. The third-order valence-electron chi connectivity index (χ3n) is 5.02. The number of nitrogens with zero attached hydrogens (tertiary/aromatic N) is 1. The number of hydrogen-bond donors (Lipinski definition) is 3. The van der Waals surface area contributed by atoms with E-state index in [1.54, 1.807) is 33.0 Å². The van der Waals surface area contributed by atoms with E-state index in [0.29, 0.717) is 0 Å². The van der Waals surface area contributed by atoms with Gasteiger partial charge in [-0.25, -0.2) is 4.79 Å². The first-order valence-corrected chi connectivity index (χ1v) is 6.77. The van der Waals surface area contributed by atoms with Gasteiger partial charge in [-0.1, -0.05) is 0 Å². The van der Waals surface area contributed by atoms with E-state index < -0.39 is 28.5 Å². The van der Waals surface area contributed by atoms with Gasteiger partial charge < -0.3 is 20.1 Å². The van der Waals surface area contributed by atoms with Crippen LogP contribution in [0.5, 0.6) is 0 Å². The standard InChI is InChI=1S/C15H21NO5/c1-12(2)13(3,19)14(4,20)15(5,21-12)16-8-6-7-10(9-16)11(17)18/h6-9,19-20H,1-5H3/p+1/t13-,14-,15-/m1/s1. The van der Waals surface area contributed by atoms with Gasteiger partial charge in [-0.15, -0.1) is 0 Å². The van der Waals surface area contributed by atoms with Crippen LogP contribution >= 0.6 is 0 Å². The van der Waals surface area contributed by atoms with E-state index in [9.17, 15) is 15.0 Å². The smallest absolute Gasteiger partial charge is 0.341 e. The second-order valence-corrected chi connectivity index (χ2v) is 6.54. The van der Waals surface area contributed by atoms with Crippen molar-refractivity contribution in [2.75, 3.05) is 0 Å². The van der Waals surface area contributed by atoms with E-state index in [1.807, 2.05) is 0 Å². The number of aliphatic hydroxyl groups is 2. The van der Waals surface area contributed by atoms with Crippen LogP contribution in [0.25, 0.3) is 0 Å². The molecule has 1 fully saturated rings. The number of carbonyl (C=O) groups is 1. The van der Waals surface area contributed by atoms with Crippen molar-refractivity contribution in [1.29, 1.82) is 0 Å². The molecule has 0 spiro atoms. The molecule has 6 nitrogen and oxygen atoms in total. The summed E-state index contributed by atoms with van der Waals surface area (Å²) in [6.07, 6.45) is 2.99. The highest BCUT2D eigenvalue weighted by Gasteiger charge is 2.75. The summed E-state index contributed by atoms with van der Waals surface area (Å²) in [5.74, 6) is -1.07. The fourth-order valence-corrected chi connectivity index (χ4v) is 2.90. The Morgan fingerprint density at radius 1 is 1.14 bits per heavy atom. The van der Waals surface area contributed by atoms with Crippen LogP contribution in [0, 0.1) is 0 Å². The SMILES string of the molecule is CC1(C)O[C@@](C)([n+]2cccc(C(=O)O)c2)[C@](C)(O)[C@]1(C)O. The maximum absolute atomic E-state index is 11.1. The van der Waals surface area contributed by atoms with Gasteiger partial charge in [0.25, 0.3) is 0 Å². The predicted octanol–water partition coefficient (Wildman–Crippen LogP) is 0.656. The molecule has 0 radical (unpaired) electrons. The Labute approximate surface area is 123 Å².